The number of anilines is 2. The van der Waals surface area contributed by atoms with Gasteiger partial charge in [-0.05, 0) is 59.7 Å². The lowest BCUT2D eigenvalue weighted by molar-refractivity contribution is 0.403. The molecule has 0 saturated heterocycles. The van der Waals surface area contributed by atoms with Gasteiger partial charge in [-0.2, -0.15) is 0 Å². The number of nitrogens with two attached hydrogens (primary N) is 1. The third-order valence-corrected chi connectivity index (χ3v) is 7.26. The summed E-state index contributed by atoms with van der Waals surface area (Å²) >= 11 is 0. The number of hydrogen-bond acceptors (Lipinski definition) is 6. The lowest BCUT2D eigenvalue weighted by atomic mass is 10.0. The van der Waals surface area contributed by atoms with Crippen molar-refractivity contribution in [2.75, 3.05) is 17.6 Å². The van der Waals surface area contributed by atoms with Crippen LogP contribution in [0, 0.1) is 11.6 Å². The number of nitrogens with zero attached hydrogens (tertiary/aromatic N) is 2. The summed E-state index contributed by atoms with van der Waals surface area (Å²) in [5, 5.41) is 0.271. The van der Waals surface area contributed by atoms with Gasteiger partial charge >= 0.3 is 0 Å². The second kappa shape index (κ2) is 9.60. The van der Waals surface area contributed by atoms with E-state index in [0.29, 0.717) is 28.4 Å². The molecule has 0 saturated carbocycles. The van der Waals surface area contributed by atoms with E-state index < -0.39 is 32.9 Å². The number of rotatable bonds is 6. The molecule has 192 valence electrons. The highest BCUT2D eigenvalue weighted by Crippen LogP contribution is 2.32. The highest BCUT2D eigenvalue weighted by molar-refractivity contribution is 7.92. The van der Waals surface area contributed by atoms with Gasteiger partial charge in [-0.3, -0.25) is 9.52 Å². The Hall–Kier alpha value is -4.77. The standard InChI is InChI=1S/C27H20F2N4O4S/c1-37-24-12-8-17(14-25(24)38(35,36)32-23-11-9-18(28)15-21(23)29)16-7-10-22-20(13-16)26(34)33(27(30)31-22)19-5-3-2-4-6-19/h2-15,32H,1H3,(H2,30,31). The molecule has 5 aromatic rings. The Bertz CT molecular complexity index is 1860. The zero-order valence-corrected chi connectivity index (χ0v) is 20.7. The van der Waals surface area contributed by atoms with Gasteiger partial charge < -0.3 is 10.5 Å². The third kappa shape index (κ3) is 4.55. The zero-order valence-electron chi connectivity index (χ0n) is 19.9. The largest absolute Gasteiger partial charge is 0.495 e. The summed E-state index contributed by atoms with van der Waals surface area (Å²) in [6.45, 7) is 0. The second-order valence-electron chi connectivity index (χ2n) is 8.27. The SMILES string of the molecule is COc1ccc(-c2ccc3nc(N)n(-c4ccccc4)c(=O)c3c2)cc1S(=O)(=O)Nc1ccc(F)cc1F. The number of nitrogen functional groups attached to an aromatic ring is 1. The first kappa shape index (κ1) is 24.9. The van der Waals surface area contributed by atoms with Crippen LogP contribution in [-0.2, 0) is 10.0 Å². The summed E-state index contributed by atoms with van der Waals surface area (Å²) in [6.07, 6.45) is 0. The van der Waals surface area contributed by atoms with Crippen LogP contribution in [0.4, 0.5) is 20.4 Å². The molecule has 0 bridgehead atoms. The van der Waals surface area contributed by atoms with E-state index in [0.717, 1.165) is 12.1 Å². The summed E-state index contributed by atoms with van der Waals surface area (Å²) in [7, 11) is -3.06. The van der Waals surface area contributed by atoms with Crippen LogP contribution < -0.4 is 20.8 Å². The molecule has 0 atom stereocenters. The molecule has 1 heterocycles. The summed E-state index contributed by atoms with van der Waals surface area (Å²) < 4.78 is 62.4. The van der Waals surface area contributed by atoms with E-state index in [1.54, 1.807) is 48.5 Å². The van der Waals surface area contributed by atoms with Crippen molar-refractivity contribution in [3.63, 3.8) is 0 Å². The number of para-hydroxylation sites is 1. The fraction of sp³-hybridized carbons (Fsp3) is 0.0370. The summed E-state index contributed by atoms with van der Waals surface area (Å²) in [4.78, 5) is 17.4. The van der Waals surface area contributed by atoms with Crippen molar-refractivity contribution < 1.29 is 21.9 Å². The summed E-state index contributed by atoms with van der Waals surface area (Å²) in [5.41, 5.74) is 7.13. The molecule has 4 aromatic carbocycles. The van der Waals surface area contributed by atoms with Gasteiger partial charge in [-0.15, -0.1) is 0 Å². The molecule has 11 heteroatoms. The van der Waals surface area contributed by atoms with Crippen molar-refractivity contribution >= 4 is 32.6 Å². The Labute approximate surface area is 216 Å². The van der Waals surface area contributed by atoms with Gasteiger partial charge in [0.05, 0.1) is 29.4 Å². The number of halogens is 2. The molecule has 38 heavy (non-hydrogen) atoms. The predicted molar refractivity (Wildman–Crippen MR) is 141 cm³/mol. The maximum atomic E-state index is 14.1. The maximum Gasteiger partial charge on any atom is 0.267 e. The van der Waals surface area contributed by atoms with Crippen molar-refractivity contribution in [2.24, 2.45) is 0 Å². The first-order valence-corrected chi connectivity index (χ1v) is 12.7. The van der Waals surface area contributed by atoms with E-state index in [4.69, 9.17) is 10.5 Å². The van der Waals surface area contributed by atoms with Crippen LogP contribution >= 0.6 is 0 Å². The van der Waals surface area contributed by atoms with Crippen molar-refractivity contribution in [1.82, 2.24) is 9.55 Å². The van der Waals surface area contributed by atoms with Crippen molar-refractivity contribution in [3.05, 3.63) is 107 Å². The topological polar surface area (TPSA) is 116 Å². The molecule has 0 fully saturated rings. The van der Waals surface area contributed by atoms with E-state index >= 15 is 0 Å². The van der Waals surface area contributed by atoms with Crippen molar-refractivity contribution in [3.8, 4) is 22.6 Å². The monoisotopic (exact) mass is 534 g/mol. The zero-order chi connectivity index (χ0) is 27.0. The van der Waals surface area contributed by atoms with Gasteiger partial charge in [0.1, 0.15) is 22.3 Å². The Balaban J connectivity index is 1.61. The van der Waals surface area contributed by atoms with Crippen LogP contribution in [0.15, 0.2) is 94.6 Å². The average molecular weight is 535 g/mol. The molecule has 0 unspecified atom stereocenters. The molecule has 0 aliphatic carbocycles. The second-order valence-corrected chi connectivity index (χ2v) is 9.92. The summed E-state index contributed by atoms with van der Waals surface area (Å²) in [5.74, 6) is -1.88. The van der Waals surface area contributed by atoms with Crippen LogP contribution in [-0.4, -0.2) is 25.1 Å². The molecule has 3 N–H and O–H groups in total. The average Bonchev–Trinajstić information content (AvgIpc) is 2.90. The molecule has 0 radical (unpaired) electrons. The van der Waals surface area contributed by atoms with Crippen LogP contribution in [0.3, 0.4) is 0 Å². The maximum absolute atomic E-state index is 14.1. The van der Waals surface area contributed by atoms with Gasteiger partial charge in [-0.1, -0.05) is 30.3 Å². The van der Waals surface area contributed by atoms with Crippen molar-refractivity contribution in [1.29, 1.82) is 0 Å². The fourth-order valence-corrected chi connectivity index (χ4v) is 5.31. The van der Waals surface area contributed by atoms with E-state index in [1.807, 2.05) is 6.07 Å². The third-order valence-electron chi connectivity index (χ3n) is 5.87. The smallest absolute Gasteiger partial charge is 0.267 e. The number of fused-ring (bicyclic) bond motifs is 1. The van der Waals surface area contributed by atoms with Gasteiger partial charge in [0, 0.05) is 6.07 Å². The minimum atomic E-state index is -4.35. The molecule has 1 aromatic heterocycles. The fourth-order valence-electron chi connectivity index (χ4n) is 4.05. The van der Waals surface area contributed by atoms with Crippen molar-refractivity contribution in [2.45, 2.75) is 4.90 Å². The minimum absolute atomic E-state index is 0.00503. The van der Waals surface area contributed by atoms with Gasteiger partial charge in [0.2, 0.25) is 5.95 Å². The molecule has 5 rings (SSSR count). The molecule has 0 amide bonds. The molecule has 0 aliphatic heterocycles. The van der Waals surface area contributed by atoms with Crippen LogP contribution in [0.2, 0.25) is 0 Å². The highest BCUT2D eigenvalue weighted by atomic mass is 32.2. The Morgan fingerprint density at radius 3 is 2.34 bits per heavy atom. The van der Waals surface area contributed by atoms with E-state index in [-0.39, 0.29) is 22.0 Å². The highest BCUT2D eigenvalue weighted by Gasteiger charge is 2.23. The van der Waals surface area contributed by atoms with Crippen LogP contribution in [0.25, 0.3) is 27.7 Å². The quantitative estimate of drug-likeness (QED) is 0.326. The molecular weight excluding hydrogens is 514 g/mol. The van der Waals surface area contributed by atoms with E-state index in [1.165, 1.54) is 23.8 Å². The lowest BCUT2D eigenvalue weighted by Gasteiger charge is -2.14. The number of nitrogens with one attached hydrogen (secondary N) is 1. The van der Waals surface area contributed by atoms with Crippen LogP contribution in [0.5, 0.6) is 5.75 Å². The number of benzene rings is 4. The van der Waals surface area contributed by atoms with E-state index in [2.05, 4.69) is 9.71 Å². The number of aromatic nitrogens is 2. The molecule has 8 nitrogen and oxygen atoms in total. The number of hydrogen-bond donors (Lipinski definition) is 2. The Morgan fingerprint density at radius 1 is 0.921 bits per heavy atom. The van der Waals surface area contributed by atoms with Crippen LogP contribution in [0.1, 0.15) is 0 Å². The normalized spacial score (nSPS) is 11.4. The Morgan fingerprint density at radius 2 is 1.63 bits per heavy atom. The molecular formula is C27H20F2N4O4S. The first-order valence-electron chi connectivity index (χ1n) is 11.2. The first-order chi connectivity index (χ1) is 18.2. The molecule has 0 aliphatic rings. The van der Waals surface area contributed by atoms with Gasteiger partial charge in [-0.25, -0.2) is 26.7 Å². The predicted octanol–water partition coefficient (Wildman–Crippen LogP) is 4.72. The number of ether oxygens (including phenoxy) is 1. The number of sulfonamides is 1. The lowest BCUT2D eigenvalue weighted by Crippen LogP contribution is -2.23. The van der Waals surface area contributed by atoms with E-state index in [9.17, 15) is 22.0 Å². The molecule has 0 spiro atoms. The summed E-state index contributed by atoms with van der Waals surface area (Å²) in [6, 6.07) is 20.6. The number of methoxy groups -OCH3 is 1. The Kier molecular flexibility index (Phi) is 6.29. The minimum Gasteiger partial charge on any atom is -0.495 e. The van der Waals surface area contributed by atoms with Gasteiger partial charge in [0.15, 0.2) is 0 Å². The van der Waals surface area contributed by atoms with Gasteiger partial charge in [0.25, 0.3) is 15.6 Å².